The molecule has 2 N–H and O–H groups in total. The molecule has 1 aromatic rings. The van der Waals surface area contributed by atoms with Crippen LogP contribution in [0.2, 0.25) is 0 Å². The molecule has 0 aliphatic heterocycles. The zero-order chi connectivity index (χ0) is 10.1. The molecule has 0 radical (unpaired) electrons. The lowest BCUT2D eigenvalue weighted by atomic mass is 10.0. The largest absolute Gasteiger partial charge is 0.487 e. The van der Waals surface area contributed by atoms with Gasteiger partial charge in [0.1, 0.15) is 6.10 Å². The first-order valence-electron chi connectivity index (χ1n) is 3.99. The molecule has 0 spiro atoms. The molecule has 0 aliphatic carbocycles. The number of aliphatic hydroxyl groups is 2. The summed E-state index contributed by atoms with van der Waals surface area (Å²) < 4.78 is 4.98. The van der Waals surface area contributed by atoms with Gasteiger partial charge in [-0.15, -0.1) is 11.3 Å². The summed E-state index contributed by atoms with van der Waals surface area (Å²) in [6, 6.07) is 3.53. The Morgan fingerprint density at radius 3 is 2.46 bits per heavy atom. The standard InChI is InChI=1S/C9H14O3S/c1-9(2,11)8(10)6-4-5-7(12-3)13-6/h4-5,8,10-11H,1-3H3. The molecule has 4 heteroatoms. The van der Waals surface area contributed by atoms with Crippen LogP contribution in [0.3, 0.4) is 0 Å². The maximum atomic E-state index is 9.67. The molecule has 0 fully saturated rings. The molecule has 1 unspecified atom stereocenters. The molecule has 1 atom stereocenters. The lowest BCUT2D eigenvalue weighted by molar-refractivity contribution is -0.0478. The highest BCUT2D eigenvalue weighted by atomic mass is 32.1. The number of hydrogen-bond acceptors (Lipinski definition) is 4. The third kappa shape index (κ3) is 2.43. The van der Waals surface area contributed by atoms with Crippen molar-refractivity contribution in [2.75, 3.05) is 7.11 Å². The van der Waals surface area contributed by atoms with Crippen molar-refractivity contribution < 1.29 is 14.9 Å². The smallest absolute Gasteiger partial charge is 0.173 e. The average Bonchev–Trinajstić information content (AvgIpc) is 2.48. The van der Waals surface area contributed by atoms with E-state index in [1.807, 2.05) is 0 Å². The first-order valence-corrected chi connectivity index (χ1v) is 4.81. The number of methoxy groups -OCH3 is 1. The van der Waals surface area contributed by atoms with Crippen molar-refractivity contribution in [3.05, 3.63) is 17.0 Å². The second kappa shape index (κ2) is 3.65. The van der Waals surface area contributed by atoms with Gasteiger partial charge in [0.2, 0.25) is 0 Å². The van der Waals surface area contributed by atoms with E-state index in [0.717, 1.165) is 5.06 Å². The first kappa shape index (κ1) is 10.5. The van der Waals surface area contributed by atoms with Gasteiger partial charge >= 0.3 is 0 Å². The number of thiophene rings is 1. The summed E-state index contributed by atoms with van der Waals surface area (Å²) in [6.45, 7) is 3.15. The van der Waals surface area contributed by atoms with Crippen LogP contribution in [0.1, 0.15) is 24.8 Å². The molecule has 1 heterocycles. The molecule has 74 valence electrons. The van der Waals surface area contributed by atoms with Gasteiger partial charge in [-0.1, -0.05) is 0 Å². The fraction of sp³-hybridized carbons (Fsp3) is 0.556. The third-order valence-electron chi connectivity index (χ3n) is 1.74. The maximum absolute atomic E-state index is 9.67. The van der Waals surface area contributed by atoms with Crippen LogP contribution in [0, 0.1) is 0 Å². The first-order chi connectivity index (χ1) is 5.95. The zero-order valence-corrected chi connectivity index (χ0v) is 8.76. The van der Waals surface area contributed by atoms with Gasteiger partial charge in [-0.3, -0.25) is 0 Å². The molecule has 1 aromatic heterocycles. The molecule has 0 saturated heterocycles. The van der Waals surface area contributed by atoms with E-state index in [0.29, 0.717) is 4.88 Å². The highest BCUT2D eigenvalue weighted by Gasteiger charge is 2.27. The fourth-order valence-corrected chi connectivity index (χ4v) is 1.93. The quantitative estimate of drug-likeness (QED) is 0.782. The second-order valence-corrected chi connectivity index (χ2v) is 4.50. The van der Waals surface area contributed by atoms with E-state index in [1.54, 1.807) is 33.1 Å². The van der Waals surface area contributed by atoms with Crippen LogP contribution < -0.4 is 4.74 Å². The maximum Gasteiger partial charge on any atom is 0.173 e. The van der Waals surface area contributed by atoms with E-state index in [2.05, 4.69) is 0 Å². The molecule has 1 rings (SSSR count). The van der Waals surface area contributed by atoms with Crippen LogP contribution in [0.15, 0.2) is 12.1 Å². The topological polar surface area (TPSA) is 49.7 Å². The van der Waals surface area contributed by atoms with Crippen molar-refractivity contribution in [1.29, 1.82) is 0 Å². The SMILES string of the molecule is COc1ccc(C(O)C(C)(C)O)s1. The molecule has 3 nitrogen and oxygen atoms in total. The van der Waals surface area contributed by atoms with Gasteiger partial charge in [0, 0.05) is 4.88 Å². The van der Waals surface area contributed by atoms with Crippen LogP contribution in [0.25, 0.3) is 0 Å². The molecular formula is C9H14O3S. The molecular weight excluding hydrogens is 188 g/mol. The van der Waals surface area contributed by atoms with E-state index in [-0.39, 0.29) is 0 Å². The number of rotatable bonds is 3. The summed E-state index contributed by atoms with van der Waals surface area (Å²) in [5.74, 6) is 0. The predicted octanol–water partition coefficient (Wildman–Crippen LogP) is 1.56. The number of hydrogen-bond donors (Lipinski definition) is 2. The second-order valence-electron chi connectivity index (χ2n) is 3.42. The van der Waals surface area contributed by atoms with E-state index in [4.69, 9.17) is 4.74 Å². The Labute approximate surface area is 81.6 Å². The van der Waals surface area contributed by atoms with Gasteiger partial charge in [0.05, 0.1) is 12.7 Å². The third-order valence-corrected chi connectivity index (χ3v) is 2.84. The molecule has 0 saturated carbocycles. The predicted molar refractivity (Wildman–Crippen MR) is 52.1 cm³/mol. The minimum Gasteiger partial charge on any atom is -0.487 e. The van der Waals surface area contributed by atoms with Crippen molar-refractivity contribution in [1.82, 2.24) is 0 Å². The minimum absolute atomic E-state index is 0.712. The van der Waals surface area contributed by atoms with Crippen LogP contribution in [-0.4, -0.2) is 22.9 Å². The monoisotopic (exact) mass is 202 g/mol. The van der Waals surface area contributed by atoms with Crippen LogP contribution in [-0.2, 0) is 0 Å². The van der Waals surface area contributed by atoms with Crippen molar-refractivity contribution in [2.45, 2.75) is 25.6 Å². The van der Waals surface area contributed by atoms with E-state index >= 15 is 0 Å². The summed E-state index contributed by atoms with van der Waals surface area (Å²) in [4.78, 5) is 0.712. The van der Waals surface area contributed by atoms with E-state index in [1.165, 1.54) is 11.3 Å². The summed E-state index contributed by atoms with van der Waals surface area (Å²) in [7, 11) is 1.58. The molecule has 13 heavy (non-hydrogen) atoms. The van der Waals surface area contributed by atoms with Gasteiger partial charge < -0.3 is 14.9 Å². The molecule has 0 amide bonds. The van der Waals surface area contributed by atoms with Gasteiger partial charge in [0.25, 0.3) is 0 Å². The van der Waals surface area contributed by atoms with Crippen LogP contribution in [0.4, 0.5) is 0 Å². The summed E-state index contributed by atoms with van der Waals surface area (Å²) >= 11 is 1.34. The van der Waals surface area contributed by atoms with Crippen molar-refractivity contribution >= 4 is 11.3 Å². The van der Waals surface area contributed by atoms with E-state index in [9.17, 15) is 10.2 Å². The highest BCUT2D eigenvalue weighted by Crippen LogP contribution is 2.33. The van der Waals surface area contributed by atoms with E-state index < -0.39 is 11.7 Å². The van der Waals surface area contributed by atoms with Gasteiger partial charge in [-0.2, -0.15) is 0 Å². The van der Waals surface area contributed by atoms with Crippen molar-refractivity contribution in [3.63, 3.8) is 0 Å². The average molecular weight is 202 g/mol. The Morgan fingerprint density at radius 1 is 1.46 bits per heavy atom. The minimum atomic E-state index is -1.12. The van der Waals surface area contributed by atoms with Crippen LogP contribution in [0.5, 0.6) is 5.06 Å². The van der Waals surface area contributed by atoms with Crippen molar-refractivity contribution in [2.24, 2.45) is 0 Å². The Morgan fingerprint density at radius 2 is 2.08 bits per heavy atom. The summed E-state index contributed by atoms with van der Waals surface area (Å²) in [5.41, 5.74) is -1.12. The Balaban J connectivity index is 2.83. The number of ether oxygens (including phenoxy) is 1. The van der Waals surface area contributed by atoms with Crippen molar-refractivity contribution in [3.8, 4) is 5.06 Å². The molecule has 0 bridgehead atoms. The van der Waals surface area contributed by atoms with Gasteiger partial charge in [-0.25, -0.2) is 0 Å². The highest BCUT2D eigenvalue weighted by molar-refractivity contribution is 7.13. The van der Waals surface area contributed by atoms with Gasteiger partial charge in [-0.05, 0) is 26.0 Å². The Kier molecular flexibility index (Phi) is 2.95. The molecule has 0 aliphatic rings. The Bertz CT molecular complexity index is 275. The Hall–Kier alpha value is -0.580. The molecule has 0 aromatic carbocycles. The lowest BCUT2D eigenvalue weighted by Crippen LogP contribution is -2.27. The summed E-state index contributed by atoms with van der Waals surface area (Å²) in [5, 5.41) is 19.9. The van der Waals surface area contributed by atoms with Gasteiger partial charge in [0.15, 0.2) is 5.06 Å². The normalized spacial score (nSPS) is 14.2. The van der Waals surface area contributed by atoms with Crippen LogP contribution >= 0.6 is 11.3 Å². The summed E-state index contributed by atoms with van der Waals surface area (Å²) in [6.07, 6.45) is -0.860. The zero-order valence-electron chi connectivity index (χ0n) is 7.94. The lowest BCUT2D eigenvalue weighted by Gasteiger charge is -2.23. The number of aliphatic hydroxyl groups excluding tert-OH is 1. The fourth-order valence-electron chi connectivity index (χ4n) is 0.939.